The van der Waals surface area contributed by atoms with Crippen molar-refractivity contribution in [1.82, 2.24) is 30.7 Å². The Morgan fingerprint density at radius 1 is 0.464 bits per heavy atom. The van der Waals surface area contributed by atoms with Gasteiger partial charge < -0.3 is 21.1 Å². The number of nitrogens with zero attached hydrogens (tertiary/aromatic N) is 9. The van der Waals surface area contributed by atoms with Crippen LogP contribution in [0.1, 0.15) is 127 Å². The highest BCUT2D eigenvalue weighted by Crippen LogP contribution is 2.51. The maximum Gasteiger partial charge on any atom is 0.416 e. The van der Waals surface area contributed by atoms with Gasteiger partial charge in [-0.15, -0.1) is 0 Å². The number of sulfone groups is 2. The van der Waals surface area contributed by atoms with Crippen molar-refractivity contribution in [2.45, 2.75) is 111 Å². The quantitative estimate of drug-likeness (QED) is 0.0875. The van der Waals surface area contributed by atoms with E-state index >= 15 is 0 Å². The number of urea groups is 6. The molecule has 0 aromatic heterocycles. The molecule has 3 heterocycles. The summed E-state index contributed by atoms with van der Waals surface area (Å²) in [6, 6.07) is 20.6. The molecule has 6 aliphatic rings. The smallest absolute Gasteiger partial charge is 0.389 e. The van der Waals surface area contributed by atoms with Gasteiger partial charge in [-0.05, 0) is 148 Å². The number of nitrogens with one attached hydrogen (secondary N) is 3. The number of amides is 12. The highest BCUT2D eigenvalue weighted by atomic mass is 32.2. The van der Waals surface area contributed by atoms with Crippen molar-refractivity contribution in [2.75, 3.05) is 47.3 Å². The molecule has 26 nitrogen and oxygen atoms in total. The van der Waals surface area contributed by atoms with E-state index in [-0.39, 0.29) is 140 Å². The third kappa shape index (κ3) is 16.4. The number of carbonyl (C=O) groups is 9. The summed E-state index contributed by atoms with van der Waals surface area (Å²) >= 11 is 0. The maximum absolute atomic E-state index is 13.9. The molecule has 582 valence electrons. The molecular formula is C75H63F9N12O14S2. The van der Waals surface area contributed by atoms with Crippen molar-refractivity contribution in [3.8, 4) is 18.2 Å². The number of rotatable bonds is 11. The first-order valence-electron chi connectivity index (χ1n) is 33.6. The minimum Gasteiger partial charge on any atom is -0.389 e. The molecule has 0 fully saturated rings. The monoisotopic (exact) mass is 1590 g/mol. The zero-order valence-corrected chi connectivity index (χ0v) is 61.2. The Morgan fingerprint density at radius 2 is 0.786 bits per heavy atom. The maximum atomic E-state index is 13.9. The third-order valence-corrected chi connectivity index (χ3v) is 20.7. The van der Waals surface area contributed by atoms with Gasteiger partial charge in [0.1, 0.15) is 12.1 Å². The lowest BCUT2D eigenvalue weighted by molar-refractivity contribution is -0.138. The Kier molecular flexibility index (Phi) is 22.8. The first-order chi connectivity index (χ1) is 52.4. The van der Waals surface area contributed by atoms with Crippen LogP contribution in [0.3, 0.4) is 0 Å². The molecule has 37 heteroatoms. The Morgan fingerprint density at radius 3 is 1.10 bits per heavy atom. The molecule has 6 aromatic rings. The number of benzene rings is 6. The average Bonchev–Trinajstić information content (AvgIpc) is 1.46. The van der Waals surface area contributed by atoms with Crippen LogP contribution in [0.4, 0.5) is 85.3 Å². The summed E-state index contributed by atoms with van der Waals surface area (Å²) < 4.78 is 172. The van der Waals surface area contributed by atoms with E-state index in [0.717, 1.165) is 98.8 Å². The van der Waals surface area contributed by atoms with E-state index in [1.54, 1.807) is 6.92 Å². The number of imide groups is 3. The van der Waals surface area contributed by atoms with E-state index in [1.807, 2.05) is 18.2 Å². The largest absolute Gasteiger partial charge is 0.416 e. The van der Waals surface area contributed by atoms with E-state index in [0.29, 0.717) is 20.9 Å². The summed E-state index contributed by atoms with van der Waals surface area (Å²) in [6.45, 7) is 4.28. The Balaban J connectivity index is 0.000000178. The van der Waals surface area contributed by atoms with Crippen LogP contribution >= 0.6 is 0 Å². The number of Topliss-reactive ketones (excluding diaryl/α,β-unsaturated/α-hetero) is 3. The number of hydrogen-bond donors (Lipinski definition) is 4. The number of carbonyl (C=O) groups excluding carboxylic acids is 9. The molecule has 0 unspecified atom stereocenters. The summed E-state index contributed by atoms with van der Waals surface area (Å²) in [4.78, 5) is 124. The van der Waals surface area contributed by atoms with Gasteiger partial charge in [0.15, 0.2) is 37.0 Å². The van der Waals surface area contributed by atoms with Crippen molar-refractivity contribution in [2.24, 2.45) is 0 Å². The minimum atomic E-state index is -4.72. The number of ketones is 3. The van der Waals surface area contributed by atoms with E-state index in [2.05, 4.69) is 16.0 Å². The van der Waals surface area contributed by atoms with Crippen molar-refractivity contribution in [3.63, 3.8) is 0 Å². The number of nitriles is 3. The Labute approximate surface area is 632 Å². The highest BCUT2D eigenvalue weighted by molar-refractivity contribution is 7.91. The van der Waals surface area contributed by atoms with Crippen LogP contribution in [0.15, 0.2) is 177 Å². The van der Waals surface area contributed by atoms with E-state index in [4.69, 9.17) is 5.26 Å². The molecule has 12 amide bonds. The van der Waals surface area contributed by atoms with Crippen LogP contribution < -0.4 is 30.7 Å². The van der Waals surface area contributed by atoms with E-state index < -0.39 is 126 Å². The van der Waals surface area contributed by atoms with Gasteiger partial charge in [0.25, 0.3) is 0 Å². The van der Waals surface area contributed by atoms with E-state index in [9.17, 15) is 115 Å². The van der Waals surface area contributed by atoms with Gasteiger partial charge in [-0.3, -0.25) is 29.1 Å². The van der Waals surface area contributed by atoms with Crippen LogP contribution in [0.2, 0.25) is 0 Å². The normalized spacial score (nSPS) is 18.1. The molecule has 6 aromatic carbocycles. The van der Waals surface area contributed by atoms with Gasteiger partial charge in [-0.1, -0.05) is 42.5 Å². The molecule has 0 radical (unpaired) electrons. The Hall–Kier alpha value is -12.5. The predicted octanol–water partition coefficient (Wildman–Crippen LogP) is 12.9. The SMILES string of the molecule is CC(C)(O)CNC(=O)N1C(=O)N(c2cccc(C(F)(F)F)c2)C2=C(C(=O)CC2)[C@H]1c1ccc(C#N)cc1.CCNC(=O)N1C(=O)N(c2cccc(C(F)(F)F)c2)C2=C(C(=O)CC2)[C@H]1c1ccc(C#N)cc1S(C)(=O)=O.CNC(=O)N1C(=O)N(c2cccc(C(F)(F)F)c2)C2=C(C(=O)CC2)[C@H]1c1ccc(C#N)cc1S(C)(=O)=O. The molecule has 112 heavy (non-hydrogen) atoms. The summed E-state index contributed by atoms with van der Waals surface area (Å²) in [5, 5.41) is 45.0. The summed E-state index contributed by atoms with van der Waals surface area (Å²) in [5.41, 5.74) is -4.12. The molecule has 3 aliphatic carbocycles. The van der Waals surface area contributed by atoms with Gasteiger partial charge in [-0.25, -0.2) is 60.3 Å². The first-order valence-corrected chi connectivity index (χ1v) is 37.4. The predicted molar refractivity (Wildman–Crippen MR) is 378 cm³/mol. The van der Waals surface area contributed by atoms with E-state index in [1.165, 1.54) is 87.6 Å². The topological polar surface area (TPSA) is 369 Å². The molecule has 0 bridgehead atoms. The molecule has 0 saturated heterocycles. The average molecular weight is 1590 g/mol. The molecular weight excluding hydrogens is 1530 g/mol. The molecule has 4 N–H and O–H groups in total. The van der Waals surface area contributed by atoms with Crippen LogP contribution in [0.5, 0.6) is 0 Å². The lowest BCUT2D eigenvalue weighted by Gasteiger charge is -2.41. The van der Waals surface area contributed by atoms with Crippen LogP contribution in [-0.4, -0.2) is 128 Å². The molecule has 3 atom stereocenters. The molecule has 0 saturated carbocycles. The fourth-order valence-corrected chi connectivity index (χ4v) is 15.5. The second-order valence-electron chi connectivity index (χ2n) is 26.5. The van der Waals surface area contributed by atoms with Gasteiger partial charge in [0, 0.05) is 85.7 Å². The summed E-state index contributed by atoms with van der Waals surface area (Å²) in [7, 11) is -6.83. The second kappa shape index (κ2) is 31.1. The standard InChI is InChI=1S/C26H23F3N4O4.C25H21F3N4O5S.C24H19F3N4O5S/c1-25(2,37)14-31-23(35)33-22(16-8-6-15(13-30)7-9-16)21-19(10-11-20(21)34)32(24(33)36)18-5-3-4-17(12-18)26(27,28)29;1-3-30-23(34)32-22(17-8-7-14(13-29)11-20(17)38(2,36)37)21-18(9-10-19(21)33)31(24(32)35)16-6-4-5-15(12-16)25(26,27)28;1-29-22(33)31-21(16-7-6-13(12-28)10-19(16)37(2,35)36)20-17(8-9-18(20)32)30(23(31)34)15-5-3-4-14(11-15)24(25,26)27/h3-9,12,22,37H,10-11,14H2,1-2H3,(H,31,35);4-8,11-12,22H,3,9-10H2,1-2H3,(H,30,34);3-7,10-11,21H,8-9H2,1-2H3,(H,29,33)/t2*22-;21-/m111/s1. The number of halogens is 9. The number of hydrogen-bond acceptors (Lipinski definition) is 17. The van der Waals surface area contributed by atoms with Crippen molar-refractivity contribution in [1.29, 1.82) is 15.8 Å². The Bertz CT molecular complexity index is 5460. The zero-order chi connectivity index (χ0) is 82.4. The lowest BCUT2D eigenvalue weighted by atomic mass is 9.92. The lowest BCUT2D eigenvalue weighted by Crippen LogP contribution is -2.56. The zero-order valence-electron chi connectivity index (χ0n) is 59.6. The highest BCUT2D eigenvalue weighted by Gasteiger charge is 2.54. The first kappa shape index (κ1) is 82.0. The molecule has 0 spiro atoms. The summed E-state index contributed by atoms with van der Waals surface area (Å²) in [5.74, 6) is -1.34. The number of alkyl halides is 9. The van der Waals surface area contributed by atoms with Crippen molar-refractivity contribution < 1.29 is 105 Å². The van der Waals surface area contributed by atoms with Crippen LogP contribution in [0, 0.1) is 34.0 Å². The van der Waals surface area contributed by atoms with Crippen molar-refractivity contribution in [3.05, 3.63) is 217 Å². The molecule has 3 aliphatic heterocycles. The second-order valence-corrected chi connectivity index (χ2v) is 30.5. The fraction of sp³-hybridized carbons (Fsp3) is 0.280. The van der Waals surface area contributed by atoms with Crippen molar-refractivity contribution >= 4 is 90.3 Å². The van der Waals surface area contributed by atoms with Gasteiger partial charge in [0.2, 0.25) is 0 Å². The van der Waals surface area contributed by atoms with Crippen LogP contribution in [0.25, 0.3) is 0 Å². The van der Waals surface area contributed by atoms with Gasteiger partial charge in [0.05, 0.1) is 90.1 Å². The minimum absolute atomic E-state index is 0.00147. The third-order valence-electron chi connectivity index (χ3n) is 18.4. The number of allylic oxidation sites excluding steroid dienone is 3. The molecule has 12 rings (SSSR count). The number of aliphatic hydroxyl groups is 1. The van der Waals surface area contributed by atoms with Crippen LogP contribution in [-0.2, 0) is 52.6 Å². The van der Waals surface area contributed by atoms with Gasteiger partial charge >= 0.3 is 54.7 Å². The summed E-state index contributed by atoms with van der Waals surface area (Å²) in [6.07, 6.45) is -12.5. The fourth-order valence-electron chi connectivity index (χ4n) is 13.6. The van der Waals surface area contributed by atoms with Gasteiger partial charge in [-0.2, -0.15) is 55.3 Å². The number of anilines is 3.